The first-order valence-corrected chi connectivity index (χ1v) is 8.18. The van der Waals surface area contributed by atoms with Crippen molar-refractivity contribution >= 4 is 17.4 Å². The van der Waals surface area contributed by atoms with Crippen LogP contribution in [0, 0.1) is 0 Å². The molecule has 2 aliphatic heterocycles. The summed E-state index contributed by atoms with van der Waals surface area (Å²) < 4.78 is 36.9. The second kappa shape index (κ2) is 6.33. The average Bonchev–Trinajstić information content (AvgIpc) is 2.77. The van der Waals surface area contributed by atoms with E-state index in [2.05, 4.69) is 5.32 Å². The lowest BCUT2D eigenvalue weighted by Crippen LogP contribution is -2.48. The van der Waals surface area contributed by atoms with Gasteiger partial charge in [0.25, 0.3) is 0 Å². The van der Waals surface area contributed by atoms with Gasteiger partial charge >= 0.3 is 6.18 Å². The Labute approximate surface area is 142 Å². The van der Waals surface area contributed by atoms with Crippen LogP contribution in [0.3, 0.4) is 0 Å². The minimum atomic E-state index is -4.41. The molecule has 136 valence electrons. The van der Waals surface area contributed by atoms with Crippen molar-refractivity contribution in [1.82, 2.24) is 5.32 Å². The number of fused-ring (bicyclic) bond motifs is 2. The topological polar surface area (TPSA) is 69.6 Å². The zero-order chi connectivity index (χ0) is 18.2. The Morgan fingerprint density at radius 2 is 1.96 bits per heavy atom. The molecule has 3 rings (SSSR count). The van der Waals surface area contributed by atoms with Crippen LogP contribution in [0.1, 0.15) is 31.2 Å². The average molecular weight is 356 g/mol. The van der Waals surface area contributed by atoms with Gasteiger partial charge in [0.15, 0.2) is 5.78 Å². The Bertz CT molecular complexity index is 697. The van der Waals surface area contributed by atoms with Crippen LogP contribution in [-0.4, -0.2) is 42.6 Å². The molecule has 0 saturated carbocycles. The van der Waals surface area contributed by atoms with Gasteiger partial charge in [-0.1, -0.05) is 6.07 Å². The molecule has 2 N–H and O–H groups in total. The molecule has 1 aromatic carbocycles. The third-order valence-electron chi connectivity index (χ3n) is 4.92. The number of carbonyl (C=O) groups excluding carboxylic acids is 2. The first-order valence-electron chi connectivity index (χ1n) is 8.18. The van der Waals surface area contributed by atoms with Crippen LogP contribution in [0.2, 0.25) is 0 Å². The van der Waals surface area contributed by atoms with E-state index in [1.165, 1.54) is 11.0 Å². The molecule has 0 radical (unpaired) electrons. The van der Waals surface area contributed by atoms with Crippen LogP contribution in [0.25, 0.3) is 0 Å². The molecule has 1 aromatic rings. The summed E-state index contributed by atoms with van der Waals surface area (Å²) in [5, 5.41) is 13.5. The first kappa shape index (κ1) is 17.7. The van der Waals surface area contributed by atoms with E-state index >= 15 is 0 Å². The zero-order valence-electron chi connectivity index (χ0n) is 13.5. The van der Waals surface area contributed by atoms with Gasteiger partial charge in [-0.15, -0.1) is 0 Å². The van der Waals surface area contributed by atoms with E-state index in [1.807, 2.05) is 0 Å². The number of hydrogen-bond donors (Lipinski definition) is 2. The van der Waals surface area contributed by atoms with E-state index in [9.17, 15) is 27.9 Å². The molecule has 5 nitrogen and oxygen atoms in total. The molecule has 1 amide bonds. The van der Waals surface area contributed by atoms with Crippen molar-refractivity contribution in [2.45, 2.75) is 37.3 Å². The fourth-order valence-corrected chi connectivity index (χ4v) is 3.73. The molecule has 1 saturated heterocycles. The monoisotopic (exact) mass is 356 g/mol. The number of alkyl halides is 3. The third-order valence-corrected chi connectivity index (χ3v) is 4.92. The number of carbonyl (C=O) groups is 2. The van der Waals surface area contributed by atoms with E-state index in [1.54, 1.807) is 12.1 Å². The summed E-state index contributed by atoms with van der Waals surface area (Å²) in [6.07, 6.45) is -5.31. The number of Topliss-reactive ketones (excluding diaryl/α,β-unsaturated/α-hetero) is 1. The van der Waals surface area contributed by atoms with Crippen LogP contribution in [0.4, 0.5) is 18.9 Å². The Morgan fingerprint density at radius 3 is 2.60 bits per heavy atom. The Balaban J connectivity index is 1.88. The number of rotatable bonds is 4. The molecule has 0 aromatic heterocycles. The molecule has 8 heteroatoms. The van der Waals surface area contributed by atoms with Gasteiger partial charge in [-0.2, -0.15) is 13.2 Å². The highest BCUT2D eigenvalue weighted by Crippen LogP contribution is 2.50. The molecule has 2 aliphatic rings. The van der Waals surface area contributed by atoms with E-state index in [0.717, 1.165) is 0 Å². The van der Waals surface area contributed by atoms with Crippen LogP contribution in [-0.2, 0) is 15.0 Å². The van der Waals surface area contributed by atoms with Gasteiger partial charge in [0.1, 0.15) is 5.75 Å². The fraction of sp³-hybridized carbons (Fsp3) is 0.529. The lowest BCUT2D eigenvalue weighted by molar-refractivity contribution is -0.142. The van der Waals surface area contributed by atoms with Crippen molar-refractivity contribution < 1.29 is 27.9 Å². The summed E-state index contributed by atoms with van der Waals surface area (Å²) in [7, 11) is 0. The van der Waals surface area contributed by atoms with Gasteiger partial charge < -0.3 is 15.3 Å². The maximum absolute atomic E-state index is 13.0. The van der Waals surface area contributed by atoms with E-state index in [4.69, 9.17) is 0 Å². The number of phenolic OH excluding ortho intramolecular Hbond substituents is 1. The van der Waals surface area contributed by atoms with Gasteiger partial charge in [0.2, 0.25) is 5.91 Å². The number of benzene rings is 1. The van der Waals surface area contributed by atoms with Crippen molar-refractivity contribution in [3.63, 3.8) is 0 Å². The van der Waals surface area contributed by atoms with Gasteiger partial charge in [-0.3, -0.25) is 9.59 Å². The van der Waals surface area contributed by atoms with Gasteiger partial charge in [0, 0.05) is 12.0 Å². The van der Waals surface area contributed by atoms with Gasteiger partial charge in [-0.25, -0.2) is 0 Å². The van der Waals surface area contributed by atoms with E-state index in [-0.39, 0.29) is 11.7 Å². The van der Waals surface area contributed by atoms with Crippen LogP contribution >= 0.6 is 0 Å². The van der Waals surface area contributed by atoms with E-state index in [0.29, 0.717) is 37.2 Å². The third kappa shape index (κ3) is 3.22. The van der Waals surface area contributed by atoms with Crippen molar-refractivity contribution in [3.05, 3.63) is 23.8 Å². The molecule has 0 aliphatic carbocycles. The van der Waals surface area contributed by atoms with Crippen molar-refractivity contribution in [1.29, 1.82) is 0 Å². The molecular formula is C17H19F3N2O3. The zero-order valence-corrected chi connectivity index (χ0v) is 13.5. The largest absolute Gasteiger partial charge is 0.508 e. The van der Waals surface area contributed by atoms with Crippen LogP contribution in [0.5, 0.6) is 5.75 Å². The lowest BCUT2D eigenvalue weighted by atomic mass is 9.74. The summed E-state index contributed by atoms with van der Waals surface area (Å²) in [6.45, 7) is 0.783. The number of halogens is 3. The predicted molar refractivity (Wildman–Crippen MR) is 84.5 cm³/mol. The quantitative estimate of drug-likeness (QED) is 0.868. The number of hydrogen-bond acceptors (Lipinski definition) is 4. The Hall–Kier alpha value is -2.09. The van der Waals surface area contributed by atoms with Crippen LogP contribution < -0.4 is 10.2 Å². The van der Waals surface area contributed by atoms with Gasteiger partial charge in [-0.05, 0) is 38.1 Å². The van der Waals surface area contributed by atoms with E-state index < -0.39 is 36.8 Å². The molecular weight excluding hydrogens is 337 g/mol. The summed E-state index contributed by atoms with van der Waals surface area (Å²) in [6, 6.07) is 4.68. The molecule has 0 bridgehead atoms. The highest BCUT2D eigenvalue weighted by atomic mass is 19.4. The predicted octanol–water partition coefficient (Wildman–Crippen LogP) is 2.27. The second-order valence-electron chi connectivity index (χ2n) is 6.55. The molecule has 1 fully saturated rings. The molecule has 0 unspecified atom stereocenters. The highest BCUT2D eigenvalue weighted by Gasteiger charge is 2.52. The Morgan fingerprint density at radius 1 is 1.28 bits per heavy atom. The number of aromatic hydroxyl groups is 1. The summed E-state index contributed by atoms with van der Waals surface area (Å²) >= 11 is 0. The lowest BCUT2D eigenvalue weighted by Gasteiger charge is -2.33. The maximum Gasteiger partial charge on any atom is 0.389 e. The van der Waals surface area contributed by atoms with Gasteiger partial charge in [0.05, 0.1) is 24.1 Å². The van der Waals surface area contributed by atoms with Crippen molar-refractivity contribution in [3.8, 4) is 5.75 Å². The normalized spacial score (nSPS) is 19.3. The second-order valence-corrected chi connectivity index (χ2v) is 6.55. The SMILES string of the molecule is O=C(CCC(F)(F)F)CN1C(=O)C2(CCNCC2)c2c(O)cccc21. The minimum absolute atomic E-state index is 0.0157. The van der Waals surface area contributed by atoms with Crippen molar-refractivity contribution in [2.75, 3.05) is 24.5 Å². The molecule has 25 heavy (non-hydrogen) atoms. The van der Waals surface area contributed by atoms with Crippen LogP contribution in [0.15, 0.2) is 18.2 Å². The minimum Gasteiger partial charge on any atom is -0.508 e. The molecule has 1 spiro atoms. The Kier molecular flexibility index (Phi) is 4.49. The standard InChI is InChI=1S/C17H19F3N2O3/c18-17(19,20)5-4-11(23)10-22-12-2-1-3-13(24)14(12)16(15(22)25)6-8-21-9-7-16/h1-3,21,24H,4-10H2. The summed E-state index contributed by atoms with van der Waals surface area (Å²) in [5.41, 5.74) is 0.00773. The summed E-state index contributed by atoms with van der Waals surface area (Å²) in [4.78, 5) is 26.3. The maximum atomic E-state index is 13.0. The number of amides is 1. The number of phenols is 1. The smallest absolute Gasteiger partial charge is 0.389 e. The fourth-order valence-electron chi connectivity index (χ4n) is 3.73. The molecule has 0 atom stereocenters. The molecule has 2 heterocycles. The first-order chi connectivity index (χ1) is 11.7. The number of anilines is 1. The number of ketones is 1. The summed E-state index contributed by atoms with van der Waals surface area (Å²) in [5.74, 6) is -0.977. The number of nitrogens with zero attached hydrogens (tertiary/aromatic N) is 1. The number of piperidine rings is 1. The number of nitrogens with one attached hydrogen (secondary N) is 1. The highest BCUT2D eigenvalue weighted by molar-refractivity contribution is 6.11. The van der Waals surface area contributed by atoms with Crippen molar-refractivity contribution in [2.24, 2.45) is 0 Å².